The van der Waals surface area contributed by atoms with Crippen LogP contribution in [0, 0.1) is 6.92 Å². The molecule has 5 rings (SSSR count). The third-order valence-electron chi connectivity index (χ3n) is 7.29. The standard InChI is InChI=1S/C30H34F2N6O2/c1-21-19-23(9-12-25(21)29(39)36(2)14-6-17-37-15-4-3-5-16-37)35-27-28-34-20-26(38(28)18-13-33-27)22-7-10-24(11-8-22)40-30(31)32/h7-13,18-20,30H,3-6,14-17H2,1-2H3,(H,33,35). The molecule has 2 aromatic heterocycles. The Morgan fingerprint density at radius 2 is 1.88 bits per heavy atom. The van der Waals surface area contributed by atoms with Gasteiger partial charge in [0.2, 0.25) is 0 Å². The summed E-state index contributed by atoms with van der Waals surface area (Å²) in [5, 5.41) is 3.32. The van der Waals surface area contributed by atoms with Gasteiger partial charge in [-0.25, -0.2) is 9.97 Å². The van der Waals surface area contributed by atoms with Crippen LogP contribution in [0.4, 0.5) is 20.3 Å². The van der Waals surface area contributed by atoms with E-state index in [1.165, 1.54) is 44.5 Å². The number of amides is 1. The van der Waals surface area contributed by atoms with Gasteiger partial charge in [-0.2, -0.15) is 8.78 Å². The van der Waals surface area contributed by atoms with Crippen LogP contribution in [0.3, 0.4) is 0 Å². The highest BCUT2D eigenvalue weighted by Crippen LogP contribution is 2.28. The molecule has 1 fully saturated rings. The Hall–Kier alpha value is -4.05. The van der Waals surface area contributed by atoms with E-state index in [-0.39, 0.29) is 11.7 Å². The molecule has 0 atom stereocenters. The first-order chi connectivity index (χ1) is 19.4. The summed E-state index contributed by atoms with van der Waals surface area (Å²) in [7, 11) is 1.87. The maximum atomic E-state index is 13.1. The second kappa shape index (κ2) is 12.4. The number of fused-ring (bicyclic) bond motifs is 1. The summed E-state index contributed by atoms with van der Waals surface area (Å²) in [5.74, 6) is 0.669. The number of ether oxygens (including phenoxy) is 1. The predicted molar refractivity (Wildman–Crippen MR) is 151 cm³/mol. The SMILES string of the molecule is Cc1cc(Nc2nccn3c(-c4ccc(OC(F)F)cc4)cnc23)ccc1C(=O)N(C)CCCN1CCCCC1. The largest absolute Gasteiger partial charge is 0.435 e. The van der Waals surface area contributed by atoms with Crippen LogP contribution in [0.2, 0.25) is 0 Å². The summed E-state index contributed by atoms with van der Waals surface area (Å²) in [6.07, 6.45) is 10.0. The fraction of sp³-hybridized carbons (Fsp3) is 0.367. The molecule has 3 heterocycles. The number of carbonyl (C=O) groups is 1. The Kier molecular flexibility index (Phi) is 8.54. The van der Waals surface area contributed by atoms with Crippen molar-refractivity contribution in [1.82, 2.24) is 24.2 Å². The molecule has 1 aliphatic rings. The Balaban J connectivity index is 1.25. The lowest BCUT2D eigenvalue weighted by Crippen LogP contribution is -2.34. The van der Waals surface area contributed by atoms with Crippen molar-refractivity contribution >= 4 is 23.1 Å². The quantitative estimate of drug-likeness (QED) is 0.262. The van der Waals surface area contributed by atoms with E-state index in [1.807, 2.05) is 36.6 Å². The number of hydrogen-bond donors (Lipinski definition) is 1. The molecule has 1 aliphatic heterocycles. The summed E-state index contributed by atoms with van der Waals surface area (Å²) in [6.45, 7) is 3.16. The van der Waals surface area contributed by atoms with Crippen molar-refractivity contribution in [2.24, 2.45) is 0 Å². The molecule has 1 saturated heterocycles. The van der Waals surface area contributed by atoms with E-state index < -0.39 is 6.61 Å². The van der Waals surface area contributed by atoms with Gasteiger partial charge < -0.3 is 19.9 Å². The fourth-order valence-electron chi connectivity index (χ4n) is 5.17. The van der Waals surface area contributed by atoms with Crippen molar-refractivity contribution in [3.05, 3.63) is 72.2 Å². The lowest BCUT2D eigenvalue weighted by molar-refractivity contribution is -0.0498. The number of nitrogens with zero attached hydrogens (tertiary/aromatic N) is 5. The third-order valence-corrected chi connectivity index (χ3v) is 7.29. The predicted octanol–water partition coefficient (Wildman–Crippen LogP) is 6.00. The van der Waals surface area contributed by atoms with E-state index in [4.69, 9.17) is 0 Å². The zero-order chi connectivity index (χ0) is 28.1. The molecule has 1 N–H and O–H groups in total. The Bertz CT molecular complexity index is 1450. The number of anilines is 2. The number of carbonyl (C=O) groups excluding carboxylic acids is 1. The lowest BCUT2D eigenvalue weighted by atomic mass is 10.1. The van der Waals surface area contributed by atoms with Crippen molar-refractivity contribution in [3.8, 4) is 17.0 Å². The van der Waals surface area contributed by atoms with Crippen LogP contribution in [0.25, 0.3) is 16.9 Å². The molecule has 1 amide bonds. The van der Waals surface area contributed by atoms with Crippen molar-refractivity contribution in [1.29, 1.82) is 0 Å². The van der Waals surface area contributed by atoms with Crippen LogP contribution >= 0.6 is 0 Å². The van der Waals surface area contributed by atoms with Gasteiger partial charge in [-0.1, -0.05) is 6.42 Å². The van der Waals surface area contributed by atoms with E-state index >= 15 is 0 Å². The summed E-state index contributed by atoms with van der Waals surface area (Å²) in [5.41, 5.74) is 4.53. The molecular formula is C30H34F2N6O2. The molecule has 0 unspecified atom stereocenters. The number of rotatable bonds is 10. The Morgan fingerprint density at radius 3 is 2.60 bits per heavy atom. The summed E-state index contributed by atoms with van der Waals surface area (Å²) >= 11 is 0. The molecule has 10 heteroatoms. The first-order valence-corrected chi connectivity index (χ1v) is 13.6. The molecular weight excluding hydrogens is 514 g/mol. The molecule has 0 saturated carbocycles. The van der Waals surface area contributed by atoms with Gasteiger partial charge in [0.25, 0.3) is 5.91 Å². The van der Waals surface area contributed by atoms with E-state index in [9.17, 15) is 13.6 Å². The van der Waals surface area contributed by atoms with E-state index in [1.54, 1.807) is 35.6 Å². The van der Waals surface area contributed by atoms with Gasteiger partial charge in [0, 0.05) is 42.8 Å². The van der Waals surface area contributed by atoms with Crippen molar-refractivity contribution < 1.29 is 18.3 Å². The topological polar surface area (TPSA) is 75.0 Å². The van der Waals surface area contributed by atoms with Gasteiger partial charge in [-0.05, 0) is 93.8 Å². The van der Waals surface area contributed by atoms with Gasteiger partial charge in [-0.15, -0.1) is 0 Å². The Morgan fingerprint density at radius 1 is 1.10 bits per heavy atom. The van der Waals surface area contributed by atoms with Crippen LogP contribution < -0.4 is 10.1 Å². The number of hydrogen-bond acceptors (Lipinski definition) is 6. The maximum absolute atomic E-state index is 13.1. The second-order valence-corrected chi connectivity index (χ2v) is 10.2. The number of aryl methyl sites for hydroxylation is 1. The minimum absolute atomic E-state index is 0.0192. The summed E-state index contributed by atoms with van der Waals surface area (Å²) < 4.78 is 31.3. The van der Waals surface area contributed by atoms with Crippen LogP contribution in [0.15, 0.2) is 61.1 Å². The zero-order valence-electron chi connectivity index (χ0n) is 22.8. The zero-order valence-corrected chi connectivity index (χ0v) is 22.8. The molecule has 8 nitrogen and oxygen atoms in total. The average Bonchev–Trinajstić information content (AvgIpc) is 3.39. The third kappa shape index (κ3) is 6.39. The van der Waals surface area contributed by atoms with Gasteiger partial charge in [0.05, 0.1) is 11.9 Å². The van der Waals surface area contributed by atoms with Crippen LogP contribution in [0.5, 0.6) is 5.75 Å². The van der Waals surface area contributed by atoms with Gasteiger partial charge in [0.15, 0.2) is 11.5 Å². The first kappa shape index (κ1) is 27.5. The Labute approximate surface area is 232 Å². The normalized spacial score (nSPS) is 14.0. The van der Waals surface area contributed by atoms with Crippen LogP contribution in [-0.4, -0.2) is 69.9 Å². The minimum Gasteiger partial charge on any atom is -0.435 e. The number of nitrogens with one attached hydrogen (secondary N) is 1. The molecule has 0 bridgehead atoms. The van der Waals surface area contributed by atoms with Gasteiger partial charge in [0.1, 0.15) is 5.75 Å². The first-order valence-electron chi connectivity index (χ1n) is 13.6. The smallest absolute Gasteiger partial charge is 0.387 e. The van der Waals surface area contributed by atoms with E-state index in [2.05, 4.69) is 24.9 Å². The highest BCUT2D eigenvalue weighted by Gasteiger charge is 2.17. The van der Waals surface area contributed by atoms with Gasteiger partial charge >= 0.3 is 6.61 Å². The number of alkyl halides is 2. The number of aromatic nitrogens is 3. The number of piperidine rings is 1. The van der Waals surface area contributed by atoms with Gasteiger partial charge in [-0.3, -0.25) is 9.20 Å². The highest BCUT2D eigenvalue weighted by atomic mass is 19.3. The van der Waals surface area contributed by atoms with Crippen molar-refractivity contribution in [2.75, 3.05) is 38.5 Å². The fourth-order valence-corrected chi connectivity index (χ4v) is 5.17. The summed E-state index contributed by atoms with van der Waals surface area (Å²) in [4.78, 5) is 26.4. The minimum atomic E-state index is -2.87. The number of benzene rings is 2. The van der Waals surface area contributed by atoms with Crippen molar-refractivity contribution in [3.63, 3.8) is 0 Å². The molecule has 0 spiro atoms. The van der Waals surface area contributed by atoms with Crippen LogP contribution in [0.1, 0.15) is 41.6 Å². The monoisotopic (exact) mass is 548 g/mol. The average molecular weight is 549 g/mol. The van der Waals surface area contributed by atoms with E-state index in [0.717, 1.165) is 42.0 Å². The number of likely N-dealkylation sites (tertiary alicyclic amines) is 1. The van der Waals surface area contributed by atoms with E-state index in [0.29, 0.717) is 17.0 Å². The molecule has 210 valence electrons. The van der Waals surface area contributed by atoms with Crippen molar-refractivity contribution in [2.45, 2.75) is 39.2 Å². The lowest BCUT2D eigenvalue weighted by Gasteiger charge is -2.27. The second-order valence-electron chi connectivity index (χ2n) is 10.2. The molecule has 2 aromatic carbocycles. The molecule has 40 heavy (non-hydrogen) atoms. The highest BCUT2D eigenvalue weighted by molar-refractivity contribution is 5.96. The number of imidazole rings is 1. The number of halogens is 2. The van der Waals surface area contributed by atoms with Crippen LogP contribution in [-0.2, 0) is 0 Å². The molecule has 0 aliphatic carbocycles. The summed E-state index contributed by atoms with van der Waals surface area (Å²) in [6, 6.07) is 12.1. The maximum Gasteiger partial charge on any atom is 0.387 e. The molecule has 0 radical (unpaired) electrons. The molecule has 4 aromatic rings.